The SMILES string of the molecule is CC(C)NCC1COCCN1c1cccnn1. The lowest BCUT2D eigenvalue weighted by Crippen LogP contribution is -2.51. The summed E-state index contributed by atoms with van der Waals surface area (Å²) in [5.41, 5.74) is 0. The highest BCUT2D eigenvalue weighted by molar-refractivity contribution is 5.38. The van der Waals surface area contributed by atoms with E-state index in [2.05, 4.69) is 34.3 Å². The van der Waals surface area contributed by atoms with Crippen molar-refractivity contribution in [3.8, 4) is 0 Å². The highest BCUT2D eigenvalue weighted by atomic mass is 16.5. The number of nitrogens with one attached hydrogen (secondary N) is 1. The maximum atomic E-state index is 5.54. The highest BCUT2D eigenvalue weighted by Crippen LogP contribution is 2.15. The van der Waals surface area contributed by atoms with Crippen molar-refractivity contribution in [3.63, 3.8) is 0 Å². The fourth-order valence-corrected chi connectivity index (χ4v) is 1.94. The van der Waals surface area contributed by atoms with Gasteiger partial charge in [0.15, 0.2) is 5.82 Å². The molecular weight excluding hydrogens is 216 g/mol. The van der Waals surface area contributed by atoms with Crippen molar-refractivity contribution in [3.05, 3.63) is 18.3 Å². The van der Waals surface area contributed by atoms with Crippen molar-refractivity contribution in [2.24, 2.45) is 0 Å². The largest absolute Gasteiger partial charge is 0.377 e. The van der Waals surface area contributed by atoms with Crippen LogP contribution in [-0.4, -0.2) is 48.6 Å². The van der Waals surface area contributed by atoms with Gasteiger partial charge in [-0.15, -0.1) is 5.10 Å². The van der Waals surface area contributed by atoms with Crippen LogP contribution < -0.4 is 10.2 Å². The Balaban J connectivity index is 2.02. The molecule has 2 heterocycles. The van der Waals surface area contributed by atoms with Gasteiger partial charge in [0.2, 0.25) is 0 Å². The third-order valence-corrected chi connectivity index (χ3v) is 2.84. The van der Waals surface area contributed by atoms with E-state index in [1.807, 2.05) is 12.1 Å². The predicted octanol–water partition coefficient (Wildman–Crippen LogP) is 0.680. The molecule has 0 amide bonds. The zero-order chi connectivity index (χ0) is 12.1. The zero-order valence-electron chi connectivity index (χ0n) is 10.5. The van der Waals surface area contributed by atoms with Crippen LogP contribution in [0.15, 0.2) is 18.3 Å². The number of hydrogen-bond donors (Lipinski definition) is 1. The van der Waals surface area contributed by atoms with E-state index in [1.54, 1.807) is 6.20 Å². The molecule has 1 aromatic rings. The number of anilines is 1. The molecule has 1 fully saturated rings. The second-order valence-corrected chi connectivity index (χ2v) is 4.57. The molecule has 1 N–H and O–H groups in total. The molecule has 1 aliphatic rings. The maximum absolute atomic E-state index is 5.54. The standard InChI is InChI=1S/C12H20N4O/c1-10(2)13-8-11-9-17-7-6-16(11)12-4-3-5-14-15-12/h3-5,10-11,13H,6-9H2,1-2H3. The normalized spacial score (nSPS) is 20.9. The van der Waals surface area contributed by atoms with E-state index < -0.39 is 0 Å². The van der Waals surface area contributed by atoms with Crippen LogP contribution in [0.5, 0.6) is 0 Å². The van der Waals surface area contributed by atoms with Gasteiger partial charge in [0.05, 0.1) is 19.3 Å². The first-order valence-electron chi connectivity index (χ1n) is 6.13. The fraction of sp³-hybridized carbons (Fsp3) is 0.667. The Morgan fingerprint density at radius 1 is 1.59 bits per heavy atom. The van der Waals surface area contributed by atoms with Crippen LogP contribution in [-0.2, 0) is 4.74 Å². The number of ether oxygens (including phenoxy) is 1. The van der Waals surface area contributed by atoms with Crippen molar-refractivity contribution < 1.29 is 4.74 Å². The third-order valence-electron chi connectivity index (χ3n) is 2.84. The van der Waals surface area contributed by atoms with Gasteiger partial charge in [0.1, 0.15) is 0 Å². The predicted molar refractivity (Wildman–Crippen MR) is 67.1 cm³/mol. The molecule has 0 aliphatic carbocycles. The number of morpholine rings is 1. The quantitative estimate of drug-likeness (QED) is 0.833. The smallest absolute Gasteiger partial charge is 0.151 e. The molecule has 0 saturated carbocycles. The summed E-state index contributed by atoms with van der Waals surface area (Å²) < 4.78 is 5.54. The van der Waals surface area contributed by atoms with Crippen molar-refractivity contribution in [1.82, 2.24) is 15.5 Å². The second-order valence-electron chi connectivity index (χ2n) is 4.57. The van der Waals surface area contributed by atoms with Gasteiger partial charge in [0.25, 0.3) is 0 Å². The number of rotatable bonds is 4. The van der Waals surface area contributed by atoms with Crippen LogP contribution in [0.25, 0.3) is 0 Å². The third kappa shape index (κ3) is 3.38. The Morgan fingerprint density at radius 3 is 3.18 bits per heavy atom. The first-order chi connectivity index (χ1) is 8.27. The molecule has 17 heavy (non-hydrogen) atoms. The molecule has 1 unspecified atom stereocenters. The maximum Gasteiger partial charge on any atom is 0.151 e. The van der Waals surface area contributed by atoms with Crippen LogP contribution in [0, 0.1) is 0 Å². The zero-order valence-corrected chi connectivity index (χ0v) is 10.5. The highest BCUT2D eigenvalue weighted by Gasteiger charge is 2.24. The topological polar surface area (TPSA) is 50.3 Å². The number of nitrogens with zero attached hydrogens (tertiary/aromatic N) is 3. The summed E-state index contributed by atoms with van der Waals surface area (Å²) in [6, 6.07) is 4.74. The van der Waals surface area contributed by atoms with Crippen molar-refractivity contribution in [2.45, 2.75) is 25.9 Å². The molecule has 0 aromatic carbocycles. The molecular formula is C12H20N4O. The van der Waals surface area contributed by atoms with Gasteiger partial charge >= 0.3 is 0 Å². The molecule has 0 radical (unpaired) electrons. The molecule has 1 atom stereocenters. The van der Waals surface area contributed by atoms with Crippen LogP contribution in [0.2, 0.25) is 0 Å². The van der Waals surface area contributed by atoms with Crippen molar-refractivity contribution >= 4 is 5.82 Å². The molecule has 94 valence electrons. The molecule has 1 saturated heterocycles. The first-order valence-corrected chi connectivity index (χ1v) is 6.13. The van der Waals surface area contributed by atoms with Crippen molar-refractivity contribution in [2.75, 3.05) is 31.2 Å². The van der Waals surface area contributed by atoms with Gasteiger partial charge in [-0.25, -0.2) is 0 Å². The lowest BCUT2D eigenvalue weighted by atomic mass is 10.2. The van der Waals surface area contributed by atoms with Crippen molar-refractivity contribution in [1.29, 1.82) is 0 Å². The average molecular weight is 236 g/mol. The van der Waals surface area contributed by atoms with E-state index in [-0.39, 0.29) is 0 Å². The minimum absolute atomic E-state index is 0.336. The molecule has 0 bridgehead atoms. The Bertz CT molecular complexity index is 331. The van der Waals surface area contributed by atoms with E-state index >= 15 is 0 Å². The Labute approximate surface area is 102 Å². The summed E-state index contributed by atoms with van der Waals surface area (Å²) in [4.78, 5) is 2.27. The average Bonchev–Trinajstić information content (AvgIpc) is 2.38. The van der Waals surface area contributed by atoms with Gasteiger partial charge in [-0.3, -0.25) is 0 Å². The number of aromatic nitrogens is 2. The first kappa shape index (κ1) is 12.3. The van der Waals surface area contributed by atoms with Gasteiger partial charge in [-0.05, 0) is 12.1 Å². The lowest BCUT2D eigenvalue weighted by molar-refractivity contribution is 0.0927. The summed E-state index contributed by atoms with van der Waals surface area (Å²) in [6.07, 6.45) is 1.70. The second kappa shape index (κ2) is 5.93. The molecule has 2 rings (SSSR count). The van der Waals surface area contributed by atoms with Gasteiger partial charge in [-0.1, -0.05) is 13.8 Å². The summed E-state index contributed by atoms with van der Waals surface area (Å²) in [6.45, 7) is 7.59. The van der Waals surface area contributed by atoms with Gasteiger partial charge in [0, 0.05) is 25.3 Å². The van der Waals surface area contributed by atoms with E-state index in [9.17, 15) is 0 Å². The summed E-state index contributed by atoms with van der Waals surface area (Å²) in [5, 5.41) is 11.6. The van der Waals surface area contributed by atoms with Gasteiger partial charge in [-0.2, -0.15) is 5.10 Å². The van der Waals surface area contributed by atoms with E-state index in [4.69, 9.17) is 4.74 Å². The van der Waals surface area contributed by atoms with Crippen LogP contribution in [0.4, 0.5) is 5.82 Å². The molecule has 0 spiro atoms. The Kier molecular flexibility index (Phi) is 4.28. The molecule has 5 nitrogen and oxygen atoms in total. The van der Waals surface area contributed by atoms with Crippen LogP contribution >= 0.6 is 0 Å². The lowest BCUT2D eigenvalue weighted by Gasteiger charge is -2.36. The fourth-order valence-electron chi connectivity index (χ4n) is 1.94. The number of hydrogen-bond acceptors (Lipinski definition) is 5. The van der Waals surface area contributed by atoms with E-state index in [0.29, 0.717) is 12.1 Å². The monoisotopic (exact) mass is 236 g/mol. The Morgan fingerprint density at radius 2 is 2.47 bits per heavy atom. The van der Waals surface area contributed by atoms with Crippen LogP contribution in [0.1, 0.15) is 13.8 Å². The summed E-state index contributed by atoms with van der Waals surface area (Å²) >= 11 is 0. The molecule has 1 aliphatic heterocycles. The molecule has 1 aromatic heterocycles. The van der Waals surface area contributed by atoms with Crippen LogP contribution in [0.3, 0.4) is 0 Å². The van der Waals surface area contributed by atoms with E-state index in [0.717, 1.165) is 32.1 Å². The van der Waals surface area contributed by atoms with E-state index in [1.165, 1.54) is 0 Å². The Hall–Kier alpha value is -1.20. The molecule has 5 heteroatoms. The summed E-state index contributed by atoms with van der Waals surface area (Å²) in [5.74, 6) is 0.936. The minimum Gasteiger partial charge on any atom is -0.377 e. The minimum atomic E-state index is 0.336. The summed E-state index contributed by atoms with van der Waals surface area (Å²) in [7, 11) is 0. The van der Waals surface area contributed by atoms with Gasteiger partial charge < -0.3 is 15.0 Å².